The van der Waals surface area contributed by atoms with Crippen LogP contribution in [0, 0.1) is 13.8 Å². The molecule has 0 aliphatic heterocycles. The monoisotopic (exact) mass is 309 g/mol. The molecule has 0 amide bonds. The Labute approximate surface area is 127 Å². The van der Waals surface area contributed by atoms with Gasteiger partial charge in [0.1, 0.15) is 6.61 Å². The molecule has 0 N–H and O–H groups in total. The number of nitrogens with zero attached hydrogens (tertiary/aromatic N) is 1. The summed E-state index contributed by atoms with van der Waals surface area (Å²) in [6, 6.07) is 7.52. The Morgan fingerprint density at radius 1 is 1.40 bits per heavy atom. The standard InChI is InChI=1S/C15H16ClNO2S/c1-10-14(20-11(2)17-10)9-19-15(18)7-6-12-4-3-5-13(16)8-12/h3-5,8H,6-7,9H2,1-2H3. The molecule has 0 saturated heterocycles. The van der Waals surface area contributed by atoms with Gasteiger partial charge in [0.25, 0.3) is 0 Å². The first-order valence-electron chi connectivity index (χ1n) is 6.37. The molecule has 20 heavy (non-hydrogen) atoms. The summed E-state index contributed by atoms with van der Waals surface area (Å²) in [6.45, 7) is 4.19. The van der Waals surface area contributed by atoms with Gasteiger partial charge in [-0.1, -0.05) is 23.7 Å². The molecule has 0 spiro atoms. The van der Waals surface area contributed by atoms with Crippen LogP contribution in [0.25, 0.3) is 0 Å². The zero-order chi connectivity index (χ0) is 14.5. The van der Waals surface area contributed by atoms with Gasteiger partial charge in [-0.2, -0.15) is 0 Å². The van der Waals surface area contributed by atoms with E-state index in [4.69, 9.17) is 16.3 Å². The average Bonchev–Trinajstić information content (AvgIpc) is 2.72. The number of halogens is 1. The molecule has 5 heteroatoms. The maximum atomic E-state index is 11.7. The van der Waals surface area contributed by atoms with Gasteiger partial charge in [-0.05, 0) is 38.0 Å². The van der Waals surface area contributed by atoms with Crippen molar-refractivity contribution in [3.05, 3.63) is 50.4 Å². The summed E-state index contributed by atoms with van der Waals surface area (Å²) >= 11 is 7.47. The fourth-order valence-electron chi connectivity index (χ4n) is 1.86. The van der Waals surface area contributed by atoms with Crippen LogP contribution in [-0.4, -0.2) is 11.0 Å². The zero-order valence-electron chi connectivity index (χ0n) is 11.5. The lowest BCUT2D eigenvalue weighted by Crippen LogP contribution is -2.05. The quantitative estimate of drug-likeness (QED) is 0.781. The van der Waals surface area contributed by atoms with Gasteiger partial charge in [0.2, 0.25) is 0 Å². The summed E-state index contributed by atoms with van der Waals surface area (Å²) < 4.78 is 5.27. The Morgan fingerprint density at radius 2 is 2.20 bits per heavy atom. The van der Waals surface area contributed by atoms with E-state index in [1.165, 1.54) is 0 Å². The number of hydrogen-bond acceptors (Lipinski definition) is 4. The number of rotatable bonds is 5. The fraction of sp³-hybridized carbons (Fsp3) is 0.333. The van der Waals surface area contributed by atoms with E-state index in [0.717, 1.165) is 21.1 Å². The summed E-state index contributed by atoms with van der Waals surface area (Å²) in [5.74, 6) is -0.199. The molecule has 0 radical (unpaired) electrons. The Kier molecular flexibility index (Phi) is 5.15. The van der Waals surface area contributed by atoms with Crippen LogP contribution in [-0.2, 0) is 22.6 Å². The molecule has 1 aromatic heterocycles. The Hall–Kier alpha value is -1.39. The third-order valence-corrected chi connectivity index (χ3v) is 4.15. The van der Waals surface area contributed by atoms with E-state index >= 15 is 0 Å². The molecular weight excluding hydrogens is 294 g/mol. The second-order valence-corrected chi connectivity index (χ2v) is 6.26. The van der Waals surface area contributed by atoms with Crippen LogP contribution in [0.4, 0.5) is 0 Å². The fourth-order valence-corrected chi connectivity index (χ4v) is 2.93. The van der Waals surface area contributed by atoms with Gasteiger partial charge in [-0.15, -0.1) is 11.3 Å². The summed E-state index contributed by atoms with van der Waals surface area (Å²) in [6.07, 6.45) is 0.997. The maximum Gasteiger partial charge on any atom is 0.306 e. The SMILES string of the molecule is Cc1nc(C)c(COC(=O)CCc2cccc(Cl)c2)s1. The number of esters is 1. The number of thiazole rings is 1. The van der Waals surface area contributed by atoms with Crippen LogP contribution < -0.4 is 0 Å². The molecule has 0 fully saturated rings. The summed E-state index contributed by atoms with van der Waals surface area (Å²) in [5.41, 5.74) is 1.98. The van der Waals surface area contributed by atoms with Gasteiger partial charge in [-0.3, -0.25) is 4.79 Å². The van der Waals surface area contributed by atoms with Crippen LogP contribution in [0.3, 0.4) is 0 Å². The summed E-state index contributed by atoms with van der Waals surface area (Å²) in [7, 11) is 0. The predicted octanol–water partition coefficient (Wildman–Crippen LogP) is 4.09. The lowest BCUT2D eigenvalue weighted by atomic mass is 10.1. The highest BCUT2D eigenvalue weighted by molar-refractivity contribution is 7.11. The van der Waals surface area contributed by atoms with E-state index in [1.807, 2.05) is 38.1 Å². The lowest BCUT2D eigenvalue weighted by Gasteiger charge is -2.04. The number of benzene rings is 1. The van der Waals surface area contributed by atoms with E-state index in [2.05, 4.69) is 4.98 Å². The highest BCUT2D eigenvalue weighted by Crippen LogP contribution is 2.18. The molecule has 0 bridgehead atoms. The first kappa shape index (κ1) is 15.0. The normalized spacial score (nSPS) is 10.6. The van der Waals surface area contributed by atoms with E-state index in [0.29, 0.717) is 24.5 Å². The third-order valence-electron chi connectivity index (χ3n) is 2.87. The maximum absolute atomic E-state index is 11.7. The molecule has 3 nitrogen and oxygen atoms in total. The number of aryl methyl sites for hydroxylation is 3. The Balaban J connectivity index is 1.80. The smallest absolute Gasteiger partial charge is 0.306 e. The first-order valence-corrected chi connectivity index (χ1v) is 7.57. The van der Waals surface area contributed by atoms with Crippen LogP contribution >= 0.6 is 22.9 Å². The van der Waals surface area contributed by atoms with Crippen LogP contribution in [0.2, 0.25) is 5.02 Å². The van der Waals surface area contributed by atoms with Gasteiger partial charge in [0.15, 0.2) is 0 Å². The predicted molar refractivity (Wildman–Crippen MR) is 81.2 cm³/mol. The van der Waals surface area contributed by atoms with Gasteiger partial charge < -0.3 is 4.74 Å². The Bertz CT molecular complexity index is 610. The van der Waals surface area contributed by atoms with E-state index in [9.17, 15) is 4.79 Å². The van der Waals surface area contributed by atoms with Crippen molar-refractivity contribution in [2.24, 2.45) is 0 Å². The van der Waals surface area contributed by atoms with Crippen molar-refractivity contribution in [2.45, 2.75) is 33.3 Å². The highest BCUT2D eigenvalue weighted by Gasteiger charge is 2.09. The van der Waals surface area contributed by atoms with E-state index in [1.54, 1.807) is 11.3 Å². The van der Waals surface area contributed by atoms with Crippen molar-refractivity contribution in [3.8, 4) is 0 Å². The van der Waals surface area contributed by atoms with Crippen molar-refractivity contribution >= 4 is 28.9 Å². The molecule has 2 rings (SSSR count). The number of aromatic nitrogens is 1. The Morgan fingerprint density at radius 3 is 2.85 bits per heavy atom. The molecule has 2 aromatic rings. The van der Waals surface area contributed by atoms with Crippen molar-refractivity contribution < 1.29 is 9.53 Å². The lowest BCUT2D eigenvalue weighted by molar-refractivity contribution is -0.144. The van der Waals surface area contributed by atoms with Crippen molar-refractivity contribution in [1.82, 2.24) is 4.98 Å². The molecule has 0 saturated carbocycles. The van der Waals surface area contributed by atoms with Gasteiger partial charge in [-0.25, -0.2) is 4.98 Å². The first-order chi connectivity index (χ1) is 9.54. The van der Waals surface area contributed by atoms with Gasteiger partial charge >= 0.3 is 5.97 Å². The van der Waals surface area contributed by atoms with Crippen molar-refractivity contribution in [1.29, 1.82) is 0 Å². The average molecular weight is 310 g/mol. The molecule has 1 heterocycles. The number of hydrogen-bond donors (Lipinski definition) is 0. The van der Waals surface area contributed by atoms with Crippen LogP contribution in [0.1, 0.15) is 27.6 Å². The number of carbonyl (C=O) groups excluding carboxylic acids is 1. The van der Waals surface area contributed by atoms with Crippen molar-refractivity contribution in [3.63, 3.8) is 0 Å². The number of ether oxygens (including phenoxy) is 1. The molecule has 0 atom stereocenters. The highest BCUT2D eigenvalue weighted by atomic mass is 35.5. The third kappa shape index (κ3) is 4.32. The minimum Gasteiger partial charge on any atom is -0.460 e. The van der Waals surface area contributed by atoms with E-state index in [-0.39, 0.29) is 5.97 Å². The second kappa shape index (κ2) is 6.86. The second-order valence-electron chi connectivity index (χ2n) is 4.53. The number of carbonyl (C=O) groups is 1. The molecule has 0 aliphatic carbocycles. The van der Waals surface area contributed by atoms with E-state index < -0.39 is 0 Å². The van der Waals surface area contributed by atoms with Gasteiger partial charge in [0, 0.05) is 11.4 Å². The largest absolute Gasteiger partial charge is 0.460 e. The molecule has 1 aromatic carbocycles. The van der Waals surface area contributed by atoms with Crippen molar-refractivity contribution in [2.75, 3.05) is 0 Å². The molecule has 0 unspecified atom stereocenters. The molecule has 0 aliphatic rings. The van der Waals surface area contributed by atoms with Gasteiger partial charge in [0.05, 0.1) is 15.6 Å². The minimum absolute atomic E-state index is 0.199. The summed E-state index contributed by atoms with van der Waals surface area (Å²) in [5, 5.41) is 1.68. The van der Waals surface area contributed by atoms with Crippen LogP contribution in [0.5, 0.6) is 0 Å². The van der Waals surface area contributed by atoms with Crippen LogP contribution in [0.15, 0.2) is 24.3 Å². The summed E-state index contributed by atoms with van der Waals surface area (Å²) in [4.78, 5) is 17.0. The molecule has 106 valence electrons. The minimum atomic E-state index is -0.199. The topological polar surface area (TPSA) is 39.2 Å². The zero-order valence-corrected chi connectivity index (χ0v) is 13.1. The molecular formula is C15H16ClNO2S.